The minimum atomic E-state index is -0.749. The fourth-order valence-electron chi connectivity index (χ4n) is 3.27. The Balaban J connectivity index is 1.80. The summed E-state index contributed by atoms with van der Waals surface area (Å²) in [5.74, 6) is 0.432. The van der Waals surface area contributed by atoms with E-state index in [1.165, 1.54) is 6.21 Å². The molecule has 1 spiro atoms. The number of imide groups is 1. The Morgan fingerprint density at radius 3 is 2.62 bits per heavy atom. The van der Waals surface area contributed by atoms with E-state index in [4.69, 9.17) is 4.74 Å². The fourth-order valence-corrected chi connectivity index (χ4v) is 3.27. The third-order valence-electron chi connectivity index (χ3n) is 4.44. The lowest BCUT2D eigenvalue weighted by Crippen LogP contribution is -2.48. The van der Waals surface area contributed by atoms with E-state index >= 15 is 0 Å². The number of amides is 3. The molecule has 1 saturated heterocycles. The zero-order chi connectivity index (χ0) is 17.2. The SMILES string of the molecule is CC(C)Oc1ccccc1/C=N\N1C(=O)NC2(CCCCC2)C1=O. The quantitative estimate of drug-likeness (QED) is 0.682. The van der Waals surface area contributed by atoms with Crippen molar-refractivity contribution < 1.29 is 14.3 Å². The first-order chi connectivity index (χ1) is 11.5. The van der Waals surface area contributed by atoms with Crippen LogP contribution in [0.5, 0.6) is 5.75 Å². The molecule has 0 bridgehead atoms. The van der Waals surface area contributed by atoms with Crippen molar-refractivity contribution in [2.75, 3.05) is 0 Å². The van der Waals surface area contributed by atoms with Crippen molar-refractivity contribution in [2.45, 2.75) is 57.6 Å². The third kappa shape index (κ3) is 3.13. The first kappa shape index (κ1) is 16.5. The van der Waals surface area contributed by atoms with Gasteiger partial charge in [0.2, 0.25) is 0 Å². The summed E-state index contributed by atoms with van der Waals surface area (Å²) in [5.41, 5.74) is -0.0166. The predicted octanol–water partition coefficient (Wildman–Crippen LogP) is 3.06. The van der Waals surface area contributed by atoms with Gasteiger partial charge in [-0.2, -0.15) is 5.10 Å². The number of benzene rings is 1. The molecule has 1 N–H and O–H groups in total. The summed E-state index contributed by atoms with van der Waals surface area (Å²) in [6.07, 6.45) is 5.93. The Hall–Kier alpha value is -2.37. The van der Waals surface area contributed by atoms with Gasteiger partial charge in [0.15, 0.2) is 0 Å². The van der Waals surface area contributed by atoms with Gasteiger partial charge in [-0.05, 0) is 38.8 Å². The summed E-state index contributed by atoms with van der Waals surface area (Å²) in [7, 11) is 0. The van der Waals surface area contributed by atoms with Crippen molar-refractivity contribution in [1.29, 1.82) is 0 Å². The summed E-state index contributed by atoms with van der Waals surface area (Å²) in [5, 5.41) is 7.94. The van der Waals surface area contributed by atoms with Crippen LogP contribution in [0.25, 0.3) is 0 Å². The number of carbonyl (C=O) groups is 2. The number of hydrazone groups is 1. The third-order valence-corrected chi connectivity index (χ3v) is 4.44. The van der Waals surface area contributed by atoms with Crippen molar-refractivity contribution in [2.24, 2.45) is 5.10 Å². The highest BCUT2D eigenvalue weighted by molar-refractivity contribution is 6.07. The topological polar surface area (TPSA) is 71.0 Å². The number of urea groups is 1. The van der Waals surface area contributed by atoms with E-state index in [1.807, 2.05) is 38.1 Å². The number of para-hydroxylation sites is 1. The van der Waals surface area contributed by atoms with Crippen LogP contribution < -0.4 is 10.1 Å². The molecular weight excluding hydrogens is 306 g/mol. The van der Waals surface area contributed by atoms with Crippen molar-refractivity contribution in [3.05, 3.63) is 29.8 Å². The number of nitrogens with zero attached hydrogens (tertiary/aromatic N) is 2. The maximum atomic E-state index is 12.7. The second-order valence-corrected chi connectivity index (χ2v) is 6.64. The van der Waals surface area contributed by atoms with Gasteiger partial charge in [0.25, 0.3) is 5.91 Å². The first-order valence-corrected chi connectivity index (χ1v) is 8.48. The lowest BCUT2D eigenvalue weighted by Gasteiger charge is -2.29. The van der Waals surface area contributed by atoms with E-state index in [1.54, 1.807) is 0 Å². The molecule has 3 amide bonds. The standard InChI is InChI=1S/C18H23N3O3/c1-13(2)24-15-9-5-4-8-14(15)12-19-21-16(22)18(20-17(21)23)10-6-3-7-11-18/h4-5,8-9,12-13H,3,6-7,10-11H2,1-2H3,(H,20,23)/b19-12-. The molecule has 1 heterocycles. The summed E-state index contributed by atoms with van der Waals surface area (Å²) < 4.78 is 5.73. The van der Waals surface area contributed by atoms with Crippen LogP contribution in [0, 0.1) is 0 Å². The van der Waals surface area contributed by atoms with E-state index in [0.717, 1.165) is 29.8 Å². The van der Waals surface area contributed by atoms with Crippen molar-refractivity contribution in [3.8, 4) is 5.75 Å². The molecule has 1 aromatic carbocycles. The molecule has 1 aromatic rings. The maximum Gasteiger partial charge on any atom is 0.346 e. The lowest BCUT2D eigenvalue weighted by atomic mass is 9.82. The van der Waals surface area contributed by atoms with E-state index < -0.39 is 11.6 Å². The van der Waals surface area contributed by atoms with E-state index in [-0.39, 0.29) is 12.0 Å². The Morgan fingerprint density at radius 2 is 1.92 bits per heavy atom. The Kier molecular flexibility index (Phi) is 4.55. The summed E-state index contributed by atoms with van der Waals surface area (Å²) in [6, 6.07) is 6.98. The van der Waals surface area contributed by atoms with Crippen LogP contribution in [-0.2, 0) is 4.79 Å². The van der Waals surface area contributed by atoms with Crippen molar-refractivity contribution >= 4 is 18.2 Å². The van der Waals surface area contributed by atoms with E-state index in [0.29, 0.717) is 18.6 Å². The van der Waals surface area contributed by atoms with Gasteiger partial charge < -0.3 is 10.1 Å². The molecule has 2 aliphatic rings. The minimum Gasteiger partial charge on any atom is -0.490 e. The second kappa shape index (κ2) is 6.63. The molecule has 2 fully saturated rings. The zero-order valence-corrected chi connectivity index (χ0v) is 14.1. The van der Waals surface area contributed by atoms with Crippen molar-refractivity contribution in [3.63, 3.8) is 0 Å². The van der Waals surface area contributed by atoms with Crippen LogP contribution in [0.1, 0.15) is 51.5 Å². The molecule has 6 heteroatoms. The molecular formula is C18H23N3O3. The molecule has 1 aliphatic carbocycles. The Bertz CT molecular complexity index is 663. The van der Waals surface area contributed by atoms with Crippen LogP contribution >= 0.6 is 0 Å². The summed E-state index contributed by atoms with van der Waals surface area (Å²) >= 11 is 0. The van der Waals surface area contributed by atoms with Gasteiger partial charge >= 0.3 is 6.03 Å². The van der Waals surface area contributed by atoms with Crippen molar-refractivity contribution in [1.82, 2.24) is 10.3 Å². The highest BCUT2D eigenvalue weighted by Crippen LogP contribution is 2.33. The monoisotopic (exact) mass is 329 g/mol. The van der Waals surface area contributed by atoms with Gasteiger partial charge in [-0.3, -0.25) is 4.79 Å². The fraction of sp³-hybridized carbons (Fsp3) is 0.500. The van der Waals surface area contributed by atoms with Gasteiger partial charge in [-0.25, -0.2) is 4.79 Å². The van der Waals surface area contributed by atoms with Crippen LogP contribution in [0.3, 0.4) is 0 Å². The molecule has 0 radical (unpaired) electrons. The van der Waals surface area contributed by atoms with Crippen LogP contribution in [0.15, 0.2) is 29.4 Å². The van der Waals surface area contributed by atoms with Gasteiger partial charge in [0, 0.05) is 5.56 Å². The predicted molar refractivity (Wildman–Crippen MR) is 91.0 cm³/mol. The Morgan fingerprint density at radius 1 is 1.21 bits per heavy atom. The average molecular weight is 329 g/mol. The number of hydrogen-bond donors (Lipinski definition) is 1. The molecule has 1 aliphatic heterocycles. The van der Waals surface area contributed by atoms with Gasteiger partial charge in [0.05, 0.1) is 12.3 Å². The molecule has 0 atom stereocenters. The van der Waals surface area contributed by atoms with E-state index in [9.17, 15) is 9.59 Å². The molecule has 24 heavy (non-hydrogen) atoms. The van der Waals surface area contributed by atoms with E-state index in [2.05, 4.69) is 10.4 Å². The molecule has 3 rings (SSSR count). The number of nitrogens with one attached hydrogen (secondary N) is 1. The molecule has 128 valence electrons. The zero-order valence-electron chi connectivity index (χ0n) is 14.1. The minimum absolute atomic E-state index is 0.0294. The summed E-state index contributed by atoms with van der Waals surface area (Å²) in [6.45, 7) is 3.89. The molecule has 0 aromatic heterocycles. The highest BCUT2D eigenvalue weighted by Gasteiger charge is 2.51. The maximum absolute atomic E-state index is 12.7. The second-order valence-electron chi connectivity index (χ2n) is 6.64. The summed E-state index contributed by atoms with van der Waals surface area (Å²) in [4.78, 5) is 24.9. The lowest BCUT2D eigenvalue weighted by molar-refractivity contribution is -0.132. The van der Waals surface area contributed by atoms with Crippen LogP contribution in [-0.4, -0.2) is 34.8 Å². The van der Waals surface area contributed by atoms with Gasteiger partial charge in [-0.15, -0.1) is 5.01 Å². The van der Waals surface area contributed by atoms with Crippen LogP contribution in [0.2, 0.25) is 0 Å². The van der Waals surface area contributed by atoms with Crippen LogP contribution in [0.4, 0.5) is 4.79 Å². The number of rotatable bonds is 4. The van der Waals surface area contributed by atoms with Gasteiger partial charge in [-0.1, -0.05) is 31.4 Å². The number of ether oxygens (including phenoxy) is 1. The number of carbonyl (C=O) groups excluding carboxylic acids is 2. The smallest absolute Gasteiger partial charge is 0.346 e. The Labute approximate surface area is 141 Å². The number of hydrogen-bond acceptors (Lipinski definition) is 4. The highest BCUT2D eigenvalue weighted by atomic mass is 16.5. The first-order valence-electron chi connectivity index (χ1n) is 8.48. The molecule has 6 nitrogen and oxygen atoms in total. The molecule has 0 unspecified atom stereocenters. The molecule has 1 saturated carbocycles. The largest absolute Gasteiger partial charge is 0.490 e. The normalized spacial score (nSPS) is 20.2. The average Bonchev–Trinajstić information content (AvgIpc) is 2.77. The van der Waals surface area contributed by atoms with Gasteiger partial charge in [0.1, 0.15) is 11.3 Å².